The Labute approximate surface area is 236 Å². The van der Waals surface area contributed by atoms with Crippen molar-refractivity contribution in [3.63, 3.8) is 0 Å². The number of aromatic hydroxyl groups is 2. The lowest BCUT2D eigenvalue weighted by molar-refractivity contribution is -0.148. The van der Waals surface area contributed by atoms with Crippen molar-refractivity contribution >= 4 is 23.5 Å². The highest BCUT2D eigenvalue weighted by molar-refractivity contribution is 6.24. The molecule has 2 atom stereocenters. The van der Waals surface area contributed by atoms with Crippen LogP contribution in [0.5, 0.6) is 11.5 Å². The van der Waals surface area contributed by atoms with Crippen LogP contribution in [0.1, 0.15) is 102 Å². The molecule has 0 amide bonds. The molecule has 40 heavy (non-hydrogen) atoms. The lowest BCUT2D eigenvalue weighted by atomic mass is 9.82. The smallest absolute Gasteiger partial charge is 0.306 e. The molecule has 1 aliphatic carbocycles. The Kier molecular flexibility index (Phi) is 9.02. The van der Waals surface area contributed by atoms with E-state index in [9.17, 15) is 29.4 Å². The zero-order valence-electron chi connectivity index (χ0n) is 25.0. The summed E-state index contributed by atoms with van der Waals surface area (Å²) in [6, 6.07) is 0. The topological polar surface area (TPSA) is 127 Å². The van der Waals surface area contributed by atoms with Crippen LogP contribution in [0.15, 0.2) is 22.3 Å². The Hall–Kier alpha value is -3.42. The van der Waals surface area contributed by atoms with Gasteiger partial charge < -0.3 is 19.7 Å². The summed E-state index contributed by atoms with van der Waals surface area (Å²) in [4.78, 5) is 46.8. The molecule has 2 aliphatic heterocycles. The predicted molar refractivity (Wildman–Crippen MR) is 150 cm³/mol. The summed E-state index contributed by atoms with van der Waals surface area (Å²) in [5.74, 6) is 0.0420. The normalized spacial score (nSPS) is 24.8. The molecule has 1 aromatic rings. The van der Waals surface area contributed by atoms with E-state index in [2.05, 4.69) is 0 Å². The van der Waals surface area contributed by atoms with Crippen LogP contribution < -0.4 is 0 Å². The average molecular weight is 555 g/mol. The van der Waals surface area contributed by atoms with Gasteiger partial charge in [0.25, 0.3) is 0 Å². The summed E-state index contributed by atoms with van der Waals surface area (Å²) in [5, 5.41) is 20.4. The van der Waals surface area contributed by atoms with Crippen LogP contribution in [0.25, 0.3) is 0 Å². The Balaban J connectivity index is 0.000000220. The van der Waals surface area contributed by atoms with Crippen molar-refractivity contribution in [2.75, 3.05) is 0 Å². The number of phenols is 2. The number of hydrogen-bond donors (Lipinski definition) is 2. The number of benzene rings is 1. The molecule has 2 saturated heterocycles. The number of phenolic OH excluding ortho intramolecular Hbond substituents is 2. The van der Waals surface area contributed by atoms with Crippen molar-refractivity contribution in [2.24, 2.45) is 0 Å². The van der Waals surface area contributed by atoms with E-state index in [-0.39, 0.29) is 35.0 Å². The van der Waals surface area contributed by atoms with Gasteiger partial charge >= 0.3 is 11.9 Å². The second-order valence-electron chi connectivity index (χ2n) is 11.9. The van der Waals surface area contributed by atoms with Crippen molar-refractivity contribution in [1.82, 2.24) is 0 Å². The quantitative estimate of drug-likeness (QED) is 0.260. The van der Waals surface area contributed by atoms with Gasteiger partial charge in [-0.1, -0.05) is 0 Å². The summed E-state index contributed by atoms with van der Waals surface area (Å²) >= 11 is 0. The van der Waals surface area contributed by atoms with Crippen LogP contribution in [-0.4, -0.2) is 44.9 Å². The molecule has 0 saturated carbocycles. The van der Waals surface area contributed by atoms with E-state index >= 15 is 0 Å². The van der Waals surface area contributed by atoms with Gasteiger partial charge in [0, 0.05) is 40.7 Å². The minimum absolute atomic E-state index is 0.0486. The Morgan fingerprint density at radius 2 is 1.07 bits per heavy atom. The number of esters is 2. The molecule has 3 aliphatic rings. The molecule has 0 unspecified atom stereocenters. The molecule has 218 valence electrons. The minimum Gasteiger partial charge on any atom is -0.507 e. The molecule has 2 fully saturated rings. The van der Waals surface area contributed by atoms with E-state index in [1.54, 1.807) is 41.5 Å². The van der Waals surface area contributed by atoms with Crippen LogP contribution in [0.4, 0.5) is 0 Å². The number of Topliss-reactive ketones (excluding diaryl/α,β-unsaturated/α-hetero) is 2. The molecular formula is C32H42O8. The zero-order valence-corrected chi connectivity index (χ0v) is 25.0. The van der Waals surface area contributed by atoms with Gasteiger partial charge in [0.05, 0.1) is 0 Å². The monoisotopic (exact) mass is 554 g/mol. The third-order valence-electron chi connectivity index (χ3n) is 8.92. The molecule has 0 aromatic heterocycles. The summed E-state index contributed by atoms with van der Waals surface area (Å²) < 4.78 is 10.7. The van der Waals surface area contributed by atoms with Gasteiger partial charge in [-0.3, -0.25) is 19.2 Å². The van der Waals surface area contributed by atoms with Crippen molar-refractivity contribution in [3.05, 3.63) is 44.5 Å². The van der Waals surface area contributed by atoms with Gasteiger partial charge in [-0.05, 0) is 111 Å². The average Bonchev–Trinajstić information content (AvgIpc) is 3.44. The largest absolute Gasteiger partial charge is 0.507 e. The van der Waals surface area contributed by atoms with Crippen LogP contribution in [0.3, 0.4) is 0 Å². The van der Waals surface area contributed by atoms with Gasteiger partial charge in [0.2, 0.25) is 0 Å². The second-order valence-corrected chi connectivity index (χ2v) is 11.9. The standard InChI is InChI=1S/C16H22O4.C16H20O4/c2*1-9-10(2)15(19)12(11(3)14(9)18)5-7-16(4)8-6-13(17)20-16/h18-19H,5-8H2,1-4H3;5-8H2,1-4H3/t2*16-/m00/s1. The fourth-order valence-corrected chi connectivity index (χ4v) is 5.56. The number of rotatable bonds is 6. The van der Waals surface area contributed by atoms with E-state index in [0.717, 1.165) is 5.56 Å². The Morgan fingerprint density at radius 1 is 0.625 bits per heavy atom. The molecule has 1 aromatic carbocycles. The number of hydrogen-bond acceptors (Lipinski definition) is 8. The fourth-order valence-electron chi connectivity index (χ4n) is 5.56. The van der Waals surface area contributed by atoms with E-state index in [4.69, 9.17) is 9.47 Å². The zero-order chi connectivity index (χ0) is 30.2. The number of carbonyl (C=O) groups excluding carboxylic acids is 4. The SMILES string of the molecule is CC1=C(C)C(=O)C(CC[C@@]2(C)CCC(=O)O2)=C(C)C1=O.Cc1c(C)c(O)c(CC[C@@]2(C)CCC(=O)O2)c(C)c1O. The molecule has 2 heterocycles. The maximum atomic E-state index is 12.3. The van der Waals surface area contributed by atoms with Gasteiger partial charge in [-0.2, -0.15) is 0 Å². The number of cyclic esters (lactones) is 2. The lowest BCUT2D eigenvalue weighted by Crippen LogP contribution is -2.26. The second kappa shape index (κ2) is 11.6. The van der Waals surface area contributed by atoms with E-state index in [1.165, 1.54) is 0 Å². The van der Waals surface area contributed by atoms with E-state index < -0.39 is 11.2 Å². The first-order valence-corrected chi connectivity index (χ1v) is 13.9. The highest BCUT2D eigenvalue weighted by atomic mass is 16.6. The van der Waals surface area contributed by atoms with Gasteiger partial charge in [-0.15, -0.1) is 0 Å². The summed E-state index contributed by atoms with van der Waals surface area (Å²) in [5.41, 5.74) is 4.08. The summed E-state index contributed by atoms with van der Waals surface area (Å²) in [7, 11) is 0. The first-order valence-electron chi connectivity index (χ1n) is 13.9. The van der Waals surface area contributed by atoms with Gasteiger partial charge in [0.15, 0.2) is 11.6 Å². The van der Waals surface area contributed by atoms with E-state index in [0.29, 0.717) is 90.3 Å². The third-order valence-corrected chi connectivity index (χ3v) is 8.92. The number of carbonyl (C=O) groups is 4. The molecule has 0 bridgehead atoms. The first-order chi connectivity index (χ1) is 18.5. The van der Waals surface area contributed by atoms with Gasteiger partial charge in [-0.25, -0.2) is 0 Å². The molecule has 0 radical (unpaired) electrons. The van der Waals surface area contributed by atoms with Gasteiger partial charge in [0.1, 0.15) is 22.7 Å². The van der Waals surface area contributed by atoms with E-state index in [1.807, 2.05) is 13.8 Å². The van der Waals surface area contributed by atoms with Crippen molar-refractivity contribution in [3.8, 4) is 11.5 Å². The van der Waals surface area contributed by atoms with Crippen LogP contribution in [0, 0.1) is 20.8 Å². The van der Waals surface area contributed by atoms with Crippen LogP contribution in [0.2, 0.25) is 0 Å². The highest BCUT2D eigenvalue weighted by Crippen LogP contribution is 2.39. The van der Waals surface area contributed by atoms with Crippen LogP contribution >= 0.6 is 0 Å². The predicted octanol–water partition coefficient (Wildman–Crippen LogP) is 5.72. The third kappa shape index (κ3) is 6.31. The molecule has 0 spiro atoms. The highest BCUT2D eigenvalue weighted by Gasteiger charge is 2.37. The number of allylic oxidation sites excluding steroid dienone is 4. The van der Waals surface area contributed by atoms with Crippen molar-refractivity contribution in [1.29, 1.82) is 0 Å². The maximum absolute atomic E-state index is 12.3. The molecule has 8 heteroatoms. The van der Waals surface area contributed by atoms with Crippen molar-refractivity contribution in [2.45, 2.75) is 118 Å². The maximum Gasteiger partial charge on any atom is 0.306 e. The Morgan fingerprint density at radius 3 is 1.55 bits per heavy atom. The lowest BCUT2D eigenvalue weighted by Gasteiger charge is -2.25. The summed E-state index contributed by atoms with van der Waals surface area (Å²) in [6.45, 7) is 14.3. The summed E-state index contributed by atoms with van der Waals surface area (Å²) in [6.07, 6.45) is 4.56. The number of ketones is 2. The number of ether oxygens (including phenoxy) is 2. The fraction of sp³-hybridized carbons (Fsp3) is 0.562. The molecule has 8 nitrogen and oxygen atoms in total. The first kappa shape index (κ1) is 31.1. The minimum atomic E-state index is -0.502. The Bertz CT molecular complexity index is 1300. The molecule has 2 N–H and O–H groups in total. The molecular weight excluding hydrogens is 512 g/mol. The van der Waals surface area contributed by atoms with Crippen molar-refractivity contribution < 1.29 is 38.9 Å². The molecule has 4 rings (SSSR count). The van der Waals surface area contributed by atoms with Crippen LogP contribution in [-0.2, 0) is 35.1 Å².